The van der Waals surface area contributed by atoms with Crippen LogP contribution in [0.4, 0.5) is 0 Å². The first-order chi connectivity index (χ1) is 17.7. The zero-order chi connectivity index (χ0) is 24.5. The number of amides is 1. The number of benzene rings is 1. The average molecular weight is 480 g/mol. The fourth-order valence-electron chi connectivity index (χ4n) is 5.43. The first-order valence-electron chi connectivity index (χ1n) is 12.8. The van der Waals surface area contributed by atoms with E-state index in [0.29, 0.717) is 37.9 Å². The standard InChI is InChI=1S/C29H29N5O2/c35-27(20-9-12-33(13-10-20)29(36)21-6-2-1-3-7-21)16-24-14-22-15-25(31-18-23(22)17-30-24)26-19-32-28-8-4-5-11-34(26)28/h1-3,6-7,14-15,17-20H,4-5,8-13,16H2. The van der Waals surface area contributed by atoms with Crippen molar-refractivity contribution in [2.24, 2.45) is 5.92 Å². The summed E-state index contributed by atoms with van der Waals surface area (Å²) in [5.41, 5.74) is 3.44. The molecule has 1 fully saturated rings. The average Bonchev–Trinajstić information content (AvgIpc) is 3.37. The lowest BCUT2D eigenvalue weighted by Crippen LogP contribution is -2.40. The van der Waals surface area contributed by atoms with Gasteiger partial charge in [0.15, 0.2) is 0 Å². The molecule has 0 atom stereocenters. The van der Waals surface area contributed by atoms with Gasteiger partial charge in [-0.3, -0.25) is 19.6 Å². The van der Waals surface area contributed by atoms with Crippen molar-refractivity contribution >= 4 is 22.5 Å². The van der Waals surface area contributed by atoms with Crippen molar-refractivity contribution in [1.82, 2.24) is 24.4 Å². The second-order valence-corrected chi connectivity index (χ2v) is 9.84. The van der Waals surface area contributed by atoms with Gasteiger partial charge in [-0.25, -0.2) is 4.98 Å². The molecule has 0 radical (unpaired) electrons. The molecular weight excluding hydrogens is 450 g/mol. The third-order valence-electron chi connectivity index (χ3n) is 7.51. The molecule has 0 aliphatic carbocycles. The second-order valence-electron chi connectivity index (χ2n) is 9.84. The number of hydrogen-bond acceptors (Lipinski definition) is 5. The summed E-state index contributed by atoms with van der Waals surface area (Å²) in [5, 5.41) is 1.99. The van der Waals surface area contributed by atoms with E-state index in [1.165, 1.54) is 12.8 Å². The van der Waals surface area contributed by atoms with Gasteiger partial charge in [-0.1, -0.05) is 18.2 Å². The Labute approximate surface area is 210 Å². The van der Waals surface area contributed by atoms with Gasteiger partial charge in [0.2, 0.25) is 0 Å². The van der Waals surface area contributed by atoms with E-state index in [4.69, 9.17) is 0 Å². The van der Waals surface area contributed by atoms with Crippen LogP contribution >= 0.6 is 0 Å². The third kappa shape index (κ3) is 4.41. The van der Waals surface area contributed by atoms with Gasteiger partial charge in [0.25, 0.3) is 5.91 Å². The minimum Gasteiger partial charge on any atom is -0.339 e. The molecule has 1 aromatic carbocycles. The molecule has 0 N–H and O–H groups in total. The molecule has 1 saturated heterocycles. The maximum absolute atomic E-state index is 13.1. The van der Waals surface area contributed by atoms with E-state index in [1.807, 2.05) is 59.9 Å². The maximum Gasteiger partial charge on any atom is 0.253 e. The molecular formula is C29H29N5O2. The quantitative estimate of drug-likeness (QED) is 0.421. The van der Waals surface area contributed by atoms with Crippen LogP contribution in [0.3, 0.4) is 0 Å². The number of likely N-dealkylation sites (tertiary alicyclic amines) is 1. The number of pyridine rings is 2. The molecule has 3 aromatic heterocycles. The van der Waals surface area contributed by atoms with Gasteiger partial charge >= 0.3 is 0 Å². The van der Waals surface area contributed by atoms with Crippen LogP contribution < -0.4 is 0 Å². The number of Topliss-reactive ketones (excluding diaryl/α,β-unsaturated/α-hetero) is 1. The SMILES string of the molecule is O=C(Cc1cc2cc(-c3cnc4n3CCCC4)ncc2cn1)C1CCN(C(=O)c2ccccc2)CC1. The smallest absolute Gasteiger partial charge is 0.253 e. The number of rotatable bonds is 5. The number of ketones is 1. The maximum atomic E-state index is 13.1. The van der Waals surface area contributed by atoms with Crippen molar-refractivity contribution in [3.8, 4) is 11.4 Å². The summed E-state index contributed by atoms with van der Waals surface area (Å²) < 4.78 is 2.28. The summed E-state index contributed by atoms with van der Waals surface area (Å²) in [4.78, 5) is 41.5. The van der Waals surface area contributed by atoms with Crippen molar-refractivity contribution in [3.63, 3.8) is 0 Å². The summed E-state index contributed by atoms with van der Waals surface area (Å²) in [6, 6.07) is 13.4. The normalized spacial score (nSPS) is 16.2. The predicted octanol–water partition coefficient (Wildman–Crippen LogP) is 4.49. The Bertz CT molecular complexity index is 1420. The molecule has 5 heterocycles. The van der Waals surface area contributed by atoms with Gasteiger partial charge < -0.3 is 9.47 Å². The van der Waals surface area contributed by atoms with Crippen molar-refractivity contribution in [3.05, 3.63) is 78.1 Å². The van der Waals surface area contributed by atoms with Gasteiger partial charge in [-0.05, 0) is 55.3 Å². The van der Waals surface area contributed by atoms with Crippen molar-refractivity contribution in [1.29, 1.82) is 0 Å². The Hall–Kier alpha value is -3.87. The van der Waals surface area contributed by atoms with Crippen LogP contribution in [0.1, 0.15) is 47.6 Å². The number of imidazole rings is 1. The highest BCUT2D eigenvalue weighted by Gasteiger charge is 2.28. The van der Waals surface area contributed by atoms with Crippen LogP contribution in [0, 0.1) is 5.92 Å². The highest BCUT2D eigenvalue weighted by Crippen LogP contribution is 2.27. The number of nitrogens with zero attached hydrogens (tertiary/aromatic N) is 5. The first kappa shape index (κ1) is 22.6. The van der Waals surface area contributed by atoms with Crippen molar-refractivity contribution in [2.45, 2.75) is 45.1 Å². The number of aryl methyl sites for hydroxylation is 1. The number of aromatic nitrogens is 4. The summed E-state index contributed by atoms with van der Waals surface area (Å²) in [6.07, 6.45) is 10.7. The Morgan fingerprint density at radius 1 is 0.861 bits per heavy atom. The second kappa shape index (κ2) is 9.64. The summed E-state index contributed by atoms with van der Waals surface area (Å²) in [5.74, 6) is 1.35. The number of carbonyl (C=O) groups excluding carboxylic acids is 2. The van der Waals surface area contributed by atoms with Crippen molar-refractivity contribution < 1.29 is 9.59 Å². The van der Waals surface area contributed by atoms with Gasteiger partial charge in [0.05, 0.1) is 17.6 Å². The molecule has 0 saturated carbocycles. The van der Waals surface area contributed by atoms with Gasteiger partial charge in [0.1, 0.15) is 11.6 Å². The number of fused-ring (bicyclic) bond motifs is 2. The largest absolute Gasteiger partial charge is 0.339 e. The van der Waals surface area contributed by atoms with Crippen LogP contribution in [0.25, 0.3) is 22.2 Å². The lowest BCUT2D eigenvalue weighted by molar-refractivity contribution is -0.123. The first-order valence-corrected chi connectivity index (χ1v) is 12.8. The van der Waals surface area contributed by atoms with Crippen molar-refractivity contribution in [2.75, 3.05) is 13.1 Å². The highest BCUT2D eigenvalue weighted by molar-refractivity contribution is 5.94. The lowest BCUT2D eigenvalue weighted by atomic mass is 9.90. The zero-order valence-electron chi connectivity index (χ0n) is 20.3. The Kier molecular flexibility index (Phi) is 6.05. The fourth-order valence-corrected chi connectivity index (χ4v) is 5.43. The van der Waals surface area contributed by atoms with E-state index in [1.54, 1.807) is 0 Å². The molecule has 7 nitrogen and oxygen atoms in total. The van der Waals surface area contributed by atoms with E-state index in [2.05, 4.69) is 25.6 Å². The number of hydrogen-bond donors (Lipinski definition) is 0. The summed E-state index contributed by atoms with van der Waals surface area (Å²) in [6.45, 7) is 2.20. The Morgan fingerprint density at radius 3 is 2.50 bits per heavy atom. The van der Waals surface area contributed by atoms with Crippen LogP contribution in [0.2, 0.25) is 0 Å². The molecule has 0 spiro atoms. The fraction of sp³-hybridized carbons (Fsp3) is 0.345. The van der Waals surface area contributed by atoms with E-state index < -0.39 is 0 Å². The van der Waals surface area contributed by atoms with Gasteiger partial charge in [-0.15, -0.1) is 0 Å². The van der Waals surface area contributed by atoms with E-state index >= 15 is 0 Å². The molecule has 0 unspecified atom stereocenters. The van der Waals surface area contributed by atoms with E-state index in [9.17, 15) is 9.59 Å². The summed E-state index contributed by atoms with van der Waals surface area (Å²) >= 11 is 0. The van der Waals surface area contributed by atoms with Crippen LogP contribution in [-0.4, -0.2) is 49.2 Å². The zero-order valence-corrected chi connectivity index (χ0v) is 20.3. The topological polar surface area (TPSA) is 81.0 Å². The summed E-state index contributed by atoms with van der Waals surface area (Å²) in [7, 11) is 0. The van der Waals surface area contributed by atoms with Crippen LogP contribution in [-0.2, 0) is 24.2 Å². The molecule has 36 heavy (non-hydrogen) atoms. The highest BCUT2D eigenvalue weighted by atomic mass is 16.2. The predicted molar refractivity (Wildman–Crippen MR) is 137 cm³/mol. The molecule has 182 valence electrons. The van der Waals surface area contributed by atoms with Gasteiger partial charge in [0, 0.05) is 67.4 Å². The Morgan fingerprint density at radius 2 is 1.67 bits per heavy atom. The van der Waals surface area contributed by atoms with Crippen LogP contribution in [0.15, 0.2) is 61.1 Å². The monoisotopic (exact) mass is 479 g/mol. The minimum atomic E-state index is -0.0337. The minimum absolute atomic E-state index is 0.0337. The van der Waals surface area contributed by atoms with E-state index in [-0.39, 0.29) is 17.6 Å². The lowest BCUT2D eigenvalue weighted by Gasteiger charge is -2.31. The molecule has 2 aliphatic heterocycles. The van der Waals surface area contributed by atoms with E-state index in [0.717, 1.165) is 46.6 Å². The number of piperidine rings is 1. The molecule has 6 rings (SSSR count). The Balaban J connectivity index is 1.13. The number of carbonyl (C=O) groups is 2. The molecule has 2 aliphatic rings. The molecule has 7 heteroatoms. The molecule has 0 bridgehead atoms. The molecule has 4 aromatic rings. The van der Waals surface area contributed by atoms with Crippen LogP contribution in [0.5, 0.6) is 0 Å². The third-order valence-corrected chi connectivity index (χ3v) is 7.51. The van der Waals surface area contributed by atoms with Gasteiger partial charge in [-0.2, -0.15) is 0 Å². The molecule has 1 amide bonds.